The summed E-state index contributed by atoms with van der Waals surface area (Å²) in [6, 6.07) is 8.55. The van der Waals surface area contributed by atoms with Crippen molar-refractivity contribution in [2.45, 2.75) is 52.1 Å². The fourth-order valence-corrected chi connectivity index (χ4v) is 2.84. The largest absolute Gasteiger partial charge is 0.390 e. The molecule has 1 atom stereocenters. The Morgan fingerprint density at radius 3 is 2.67 bits per heavy atom. The molecule has 0 aliphatic heterocycles. The number of rotatable bonds is 4. The van der Waals surface area contributed by atoms with Crippen LogP contribution in [0.15, 0.2) is 29.8 Å². The van der Waals surface area contributed by atoms with Crippen molar-refractivity contribution in [2.24, 2.45) is 5.92 Å². The van der Waals surface area contributed by atoms with Crippen molar-refractivity contribution in [1.29, 1.82) is 0 Å². The van der Waals surface area contributed by atoms with Crippen LogP contribution >= 0.6 is 0 Å². The van der Waals surface area contributed by atoms with E-state index in [2.05, 4.69) is 37.3 Å². The Labute approximate surface area is 111 Å². The van der Waals surface area contributed by atoms with Crippen molar-refractivity contribution < 1.29 is 5.11 Å². The van der Waals surface area contributed by atoms with E-state index in [4.69, 9.17) is 0 Å². The van der Waals surface area contributed by atoms with E-state index in [1.165, 1.54) is 29.5 Å². The molecule has 1 unspecified atom stereocenters. The molecule has 1 N–H and O–H groups in total. The van der Waals surface area contributed by atoms with Crippen molar-refractivity contribution in [1.82, 2.24) is 0 Å². The number of aliphatic hydroxyl groups is 1. The molecule has 0 bridgehead atoms. The van der Waals surface area contributed by atoms with E-state index in [9.17, 15) is 5.11 Å². The zero-order valence-electron chi connectivity index (χ0n) is 11.7. The average Bonchev–Trinajstić information content (AvgIpc) is 2.34. The van der Waals surface area contributed by atoms with Crippen LogP contribution in [-0.4, -0.2) is 10.7 Å². The Balaban J connectivity index is 2.33. The van der Waals surface area contributed by atoms with Crippen molar-refractivity contribution in [3.63, 3.8) is 0 Å². The van der Waals surface area contributed by atoms with Gasteiger partial charge in [-0.15, -0.1) is 0 Å². The Bertz CT molecular complexity index is 437. The molecule has 1 nitrogen and oxygen atoms in total. The molecule has 0 heterocycles. The van der Waals surface area contributed by atoms with Crippen LogP contribution in [0, 0.1) is 5.92 Å². The molecule has 98 valence electrons. The molecule has 1 aromatic rings. The zero-order valence-corrected chi connectivity index (χ0v) is 11.7. The van der Waals surface area contributed by atoms with E-state index in [-0.39, 0.29) is 5.92 Å². The third-order valence-corrected chi connectivity index (χ3v) is 3.94. The molecule has 0 amide bonds. The molecule has 2 rings (SSSR count). The van der Waals surface area contributed by atoms with Gasteiger partial charge in [0.05, 0.1) is 5.60 Å². The maximum atomic E-state index is 10.4. The van der Waals surface area contributed by atoms with Gasteiger partial charge in [0.1, 0.15) is 0 Å². The number of fused-ring (bicyclic) bond motifs is 1. The summed E-state index contributed by atoms with van der Waals surface area (Å²) in [6.07, 6.45) is 6.80. The number of benzene rings is 1. The molecular formula is C17H24O. The van der Waals surface area contributed by atoms with E-state index in [0.29, 0.717) is 0 Å². The highest BCUT2D eigenvalue weighted by molar-refractivity contribution is 5.60. The van der Waals surface area contributed by atoms with E-state index in [1.807, 2.05) is 13.8 Å². The zero-order chi connectivity index (χ0) is 13.2. The fraction of sp³-hybridized carbons (Fsp3) is 0.529. The molecule has 1 aromatic carbocycles. The molecule has 0 spiro atoms. The standard InChI is InChI=1S/C17H24O/c1-4-5-8-15-11-13-9-6-7-10-14(13)12-16(15)17(2,3)18/h6-7,9-11,16,18H,4-5,8,12H2,1-3H3. The third kappa shape index (κ3) is 2.84. The topological polar surface area (TPSA) is 20.2 Å². The van der Waals surface area contributed by atoms with Crippen LogP contribution < -0.4 is 0 Å². The molecule has 0 saturated carbocycles. The van der Waals surface area contributed by atoms with Crippen LogP contribution in [0.4, 0.5) is 0 Å². The second-order valence-electron chi connectivity index (χ2n) is 5.93. The lowest BCUT2D eigenvalue weighted by Gasteiger charge is -2.35. The Hall–Kier alpha value is -1.08. The lowest BCUT2D eigenvalue weighted by Crippen LogP contribution is -2.35. The molecule has 0 radical (unpaired) electrons. The molecule has 1 aliphatic rings. The smallest absolute Gasteiger partial charge is 0.0660 e. The van der Waals surface area contributed by atoms with Gasteiger partial charge < -0.3 is 5.11 Å². The quantitative estimate of drug-likeness (QED) is 0.841. The summed E-state index contributed by atoms with van der Waals surface area (Å²) in [5, 5.41) is 10.4. The molecular weight excluding hydrogens is 220 g/mol. The van der Waals surface area contributed by atoms with Gasteiger partial charge in [-0.3, -0.25) is 0 Å². The first-order valence-electron chi connectivity index (χ1n) is 7.03. The van der Waals surface area contributed by atoms with Gasteiger partial charge in [0.2, 0.25) is 0 Å². The third-order valence-electron chi connectivity index (χ3n) is 3.94. The highest BCUT2D eigenvalue weighted by Crippen LogP contribution is 2.37. The highest BCUT2D eigenvalue weighted by atomic mass is 16.3. The van der Waals surface area contributed by atoms with Crippen LogP contribution in [0.2, 0.25) is 0 Å². The summed E-state index contributed by atoms with van der Waals surface area (Å²) in [4.78, 5) is 0. The van der Waals surface area contributed by atoms with Gasteiger partial charge in [-0.1, -0.05) is 49.3 Å². The first kappa shape index (κ1) is 13.4. The molecule has 0 fully saturated rings. The Morgan fingerprint density at radius 2 is 2.00 bits per heavy atom. The minimum Gasteiger partial charge on any atom is -0.390 e. The minimum atomic E-state index is -0.632. The summed E-state index contributed by atoms with van der Waals surface area (Å²) < 4.78 is 0. The van der Waals surface area contributed by atoms with Gasteiger partial charge in [-0.25, -0.2) is 0 Å². The van der Waals surface area contributed by atoms with E-state index in [1.54, 1.807) is 0 Å². The van der Waals surface area contributed by atoms with Crippen LogP contribution in [0.25, 0.3) is 6.08 Å². The predicted octanol–water partition coefficient (Wildman–Crippen LogP) is 4.20. The highest BCUT2D eigenvalue weighted by Gasteiger charge is 2.32. The van der Waals surface area contributed by atoms with Crippen LogP contribution in [0.1, 0.15) is 51.2 Å². The summed E-state index contributed by atoms with van der Waals surface area (Å²) in [5.74, 6) is 0.263. The lowest BCUT2D eigenvalue weighted by atomic mass is 9.74. The van der Waals surface area contributed by atoms with Crippen LogP contribution in [-0.2, 0) is 6.42 Å². The lowest BCUT2D eigenvalue weighted by molar-refractivity contribution is 0.0309. The van der Waals surface area contributed by atoms with Gasteiger partial charge in [0, 0.05) is 5.92 Å². The maximum Gasteiger partial charge on any atom is 0.0660 e. The van der Waals surface area contributed by atoms with Crippen LogP contribution in [0.5, 0.6) is 0 Å². The molecule has 18 heavy (non-hydrogen) atoms. The van der Waals surface area contributed by atoms with E-state index >= 15 is 0 Å². The fourth-order valence-electron chi connectivity index (χ4n) is 2.84. The maximum absolute atomic E-state index is 10.4. The predicted molar refractivity (Wildman–Crippen MR) is 77.4 cm³/mol. The Morgan fingerprint density at radius 1 is 1.28 bits per heavy atom. The molecule has 0 aromatic heterocycles. The summed E-state index contributed by atoms with van der Waals surface area (Å²) in [5.41, 5.74) is 3.49. The van der Waals surface area contributed by atoms with E-state index < -0.39 is 5.60 Å². The Kier molecular flexibility index (Phi) is 3.91. The van der Waals surface area contributed by atoms with Gasteiger partial charge in [0.25, 0.3) is 0 Å². The first-order chi connectivity index (χ1) is 8.52. The van der Waals surface area contributed by atoms with Crippen molar-refractivity contribution >= 4 is 6.08 Å². The average molecular weight is 244 g/mol. The summed E-state index contributed by atoms with van der Waals surface area (Å²) in [6.45, 7) is 6.09. The second-order valence-corrected chi connectivity index (χ2v) is 5.93. The monoisotopic (exact) mass is 244 g/mol. The molecule has 1 aliphatic carbocycles. The number of hydrogen-bond acceptors (Lipinski definition) is 1. The van der Waals surface area contributed by atoms with E-state index in [0.717, 1.165) is 12.8 Å². The molecule has 0 saturated heterocycles. The number of unbranched alkanes of at least 4 members (excludes halogenated alkanes) is 1. The van der Waals surface area contributed by atoms with Gasteiger partial charge >= 0.3 is 0 Å². The second kappa shape index (κ2) is 5.27. The van der Waals surface area contributed by atoms with Crippen molar-refractivity contribution in [3.8, 4) is 0 Å². The van der Waals surface area contributed by atoms with Gasteiger partial charge in [-0.05, 0) is 44.2 Å². The van der Waals surface area contributed by atoms with Gasteiger partial charge in [-0.2, -0.15) is 0 Å². The normalized spacial score (nSPS) is 19.3. The van der Waals surface area contributed by atoms with Gasteiger partial charge in [0.15, 0.2) is 0 Å². The SMILES string of the molecule is CCCCC1=Cc2ccccc2CC1C(C)(C)O. The number of hydrogen-bond donors (Lipinski definition) is 1. The minimum absolute atomic E-state index is 0.263. The first-order valence-corrected chi connectivity index (χ1v) is 7.03. The van der Waals surface area contributed by atoms with Crippen LogP contribution in [0.3, 0.4) is 0 Å². The summed E-state index contributed by atoms with van der Waals surface area (Å²) >= 11 is 0. The molecule has 1 heteroatoms. The van der Waals surface area contributed by atoms with Crippen molar-refractivity contribution in [2.75, 3.05) is 0 Å². The summed E-state index contributed by atoms with van der Waals surface area (Å²) in [7, 11) is 0. The van der Waals surface area contributed by atoms with Crippen molar-refractivity contribution in [3.05, 3.63) is 41.0 Å².